The van der Waals surface area contributed by atoms with Crippen molar-refractivity contribution in [3.63, 3.8) is 0 Å². The minimum atomic E-state index is 0.413. The lowest BCUT2D eigenvalue weighted by Crippen LogP contribution is -2.19. The van der Waals surface area contributed by atoms with E-state index in [1.54, 1.807) is 0 Å². The summed E-state index contributed by atoms with van der Waals surface area (Å²) in [5.74, 6) is 0. The van der Waals surface area contributed by atoms with Gasteiger partial charge in [0.15, 0.2) is 10.1 Å². The molecule has 0 N–H and O–H groups in total. The van der Waals surface area contributed by atoms with Gasteiger partial charge in [-0.2, -0.15) is 0 Å². The van der Waals surface area contributed by atoms with Crippen LogP contribution in [0.5, 0.6) is 0 Å². The molecule has 2 rings (SSSR count). The number of thiocarbonyl (C=S) groups is 2. The van der Waals surface area contributed by atoms with Gasteiger partial charge in [-0.05, 0) is 88.6 Å². The summed E-state index contributed by atoms with van der Waals surface area (Å²) in [6.45, 7) is 0. The van der Waals surface area contributed by atoms with Gasteiger partial charge in [0.1, 0.15) is 0 Å². The largest absolute Gasteiger partial charge is 0.484 e. The summed E-state index contributed by atoms with van der Waals surface area (Å²) in [4.78, 5) is 0. The minimum Gasteiger partial charge on any atom is -0.484 e. The van der Waals surface area contributed by atoms with Crippen LogP contribution in [0.15, 0.2) is 0 Å². The van der Waals surface area contributed by atoms with Gasteiger partial charge in [-0.3, -0.25) is 0 Å². The highest BCUT2D eigenvalue weighted by atomic mass is 32.1. The summed E-state index contributed by atoms with van der Waals surface area (Å²) < 4.78 is 11.9. The Morgan fingerprint density at radius 1 is 0.538 bits per heavy atom. The maximum atomic E-state index is 5.93. The number of hydrogen-bond donors (Lipinski definition) is 0. The van der Waals surface area contributed by atoms with Crippen molar-refractivity contribution in [2.24, 2.45) is 0 Å². The third-order valence-electron chi connectivity index (χ3n) is 5.71. The van der Waals surface area contributed by atoms with Gasteiger partial charge in [-0.1, -0.05) is 38.5 Å². The molecule has 2 fully saturated rings. The van der Waals surface area contributed by atoms with Gasteiger partial charge in [0.2, 0.25) is 0 Å². The highest BCUT2D eigenvalue weighted by molar-refractivity contribution is 7.80. The standard InChI is InChI=1S/C22H38O2S2/c25-21(23-19-13-7-5-8-14-19)17-11-3-1-2-4-12-18-22(26)24-20-15-9-6-10-16-20/h19-20H,1-18H2. The molecule has 0 aromatic heterocycles. The highest BCUT2D eigenvalue weighted by Gasteiger charge is 2.16. The van der Waals surface area contributed by atoms with Crippen LogP contribution in [0.4, 0.5) is 0 Å². The first-order valence-corrected chi connectivity index (χ1v) is 11.9. The minimum absolute atomic E-state index is 0.413. The van der Waals surface area contributed by atoms with E-state index in [0.717, 1.165) is 22.9 Å². The van der Waals surface area contributed by atoms with Crippen molar-refractivity contribution in [3.05, 3.63) is 0 Å². The van der Waals surface area contributed by atoms with Crippen molar-refractivity contribution in [3.8, 4) is 0 Å². The topological polar surface area (TPSA) is 18.5 Å². The fraction of sp³-hybridized carbons (Fsp3) is 0.909. The lowest BCUT2D eigenvalue weighted by molar-refractivity contribution is 0.142. The molecule has 0 radical (unpaired) electrons. The monoisotopic (exact) mass is 398 g/mol. The third kappa shape index (κ3) is 10.2. The maximum Gasteiger partial charge on any atom is 0.160 e. The van der Waals surface area contributed by atoms with Crippen LogP contribution < -0.4 is 0 Å². The first-order valence-electron chi connectivity index (χ1n) is 11.1. The molecule has 2 saturated carbocycles. The zero-order valence-corrected chi connectivity index (χ0v) is 18.1. The molecule has 0 amide bonds. The van der Waals surface area contributed by atoms with E-state index >= 15 is 0 Å². The second-order valence-electron chi connectivity index (χ2n) is 8.12. The SMILES string of the molecule is S=C(CCCCCCCCC(=S)OC1CCCCC1)OC1CCCCC1. The van der Waals surface area contributed by atoms with E-state index in [-0.39, 0.29) is 0 Å². The molecule has 0 saturated heterocycles. The molecule has 150 valence electrons. The summed E-state index contributed by atoms with van der Waals surface area (Å²) >= 11 is 10.8. The Morgan fingerprint density at radius 2 is 0.885 bits per heavy atom. The van der Waals surface area contributed by atoms with Gasteiger partial charge in [0.25, 0.3) is 0 Å². The highest BCUT2D eigenvalue weighted by Crippen LogP contribution is 2.22. The Kier molecular flexibility index (Phi) is 11.8. The summed E-state index contributed by atoms with van der Waals surface area (Å²) in [5, 5.41) is 1.70. The van der Waals surface area contributed by atoms with E-state index in [0.29, 0.717) is 12.2 Å². The Labute approximate surface area is 171 Å². The van der Waals surface area contributed by atoms with Gasteiger partial charge in [0.05, 0.1) is 12.2 Å². The van der Waals surface area contributed by atoms with Crippen LogP contribution in [0.2, 0.25) is 0 Å². The normalized spacial score (nSPS) is 19.2. The second-order valence-corrected chi connectivity index (χ2v) is 9.03. The van der Waals surface area contributed by atoms with Crippen LogP contribution in [0.3, 0.4) is 0 Å². The molecular weight excluding hydrogens is 360 g/mol. The average molecular weight is 399 g/mol. The average Bonchev–Trinajstić information content (AvgIpc) is 2.65. The fourth-order valence-electron chi connectivity index (χ4n) is 4.10. The van der Waals surface area contributed by atoms with E-state index in [1.165, 1.54) is 103 Å². The molecule has 2 nitrogen and oxygen atoms in total. The molecule has 0 aromatic carbocycles. The summed E-state index contributed by atoms with van der Waals surface area (Å²) in [5.41, 5.74) is 0. The van der Waals surface area contributed by atoms with Crippen molar-refractivity contribution < 1.29 is 9.47 Å². The van der Waals surface area contributed by atoms with Gasteiger partial charge >= 0.3 is 0 Å². The summed E-state index contributed by atoms with van der Waals surface area (Å²) in [6, 6.07) is 0. The zero-order valence-electron chi connectivity index (χ0n) is 16.5. The molecule has 0 aliphatic heterocycles. The van der Waals surface area contributed by atoms with Crippen LogP contribution >= 0.6 is 24.4 Å². The van der Waals surface area contributed by atoms with E-state index in [2.05, 4.69) is 0 Å². The van der Waals surface area contributed by atoms with Gasteiger partial charge in [-0.25, -0.2) is 0 Å². The fourth-order valence-corrected chi connectivity index (χ4v) is 4.66. The molecular formula is C22H38O2S2. The Morgan fingerprint density at radius 3 is 1.27 bits per heavy atom. The molecule has 0 unspecified atom stereocenters. The third-order valence-corrected chi connectivity index (χ3v) is 6.31. The Balaban J connectivity index is 1.36. The number of ether oxygens (including phenoxy) is 2. The first-order chi connectivity index (χ1) is 12.7. The molecule has 0 spiro atoms. The van der Waals surface area contributed by atoms with Crippen LogP contribution in [0, 0.1) is 0 Å². The quantitative estimate of drug-likeness (QED) is 0.265. The van der Waals surface area contributed by atoms with Crippen LogP contribution in [-0.4, -0.2) is 22.3 Å². The van der Waals surface area contributed by atoms with Crippen LogP contribution in [0.1, 0.15) is 116 Å². The number of unbranched alkanes of at least 4 members (excludes halogenated alkanes) is 5. The van der Waals surface area contributed by atoms with Crippen molar-refractivity contribution >= 4 is 34.5 Å². The molecule has 26 heavy (non-hydrogen) atoms. The van der Waals surface area contributed by atoms with Gasteiger partial charge < -0.3 is 9.47 Å². The smallest absolute Gasteiger partial charge is 0.160 e. The summed E-state index contributed by atoms with van der Waals surface area (Å²) in [7, 11) is 0. The lowest BCUT2D eigenvalue weighted by Gasteiger charge is -2.23. The Hall–Kier alpha value is -0.220. The molecule has 4 heteroatoms. The molecule has 0 atom stereocenters. The van der Waals surface area contributed by atoms with Gasteiger partial charge in [0, 0.05) is 12.8 Å². The van der Waals surface area contributed by atoms with E-state index in [1.807, 2.05) is 0 Å². The molecule has 2 aliphatic rings. The predicted molar refractivity (Wildman–Crippen MR) is 118 cm³/mol. The Bertz CT molecular complexity index is 361. The maximum absolute atomic E-state index is 5.93. The first kappa shape index (κ1) is 22.1. The molecule has 0 aromatic rings. The van der Waals surface area contributed by atoms with Gasteiger partial charge in [-0.15, -0.1) is 0 Å². The number of hydrogen-bond acceptors (Lipinski definition) is 4. The van der Waals surface area contributed by atoms with Crippen molar-refractivity contribution in [2.75, 3.05) is 0 Å². The van der Waals surface area contributed by atoms with Crippen LogP contribution in [0.25, 0.3) is 0 Å². The second kappa shape index (κ2) is 13.9. The van der Waals surface area contributed by atoms with Crippen LogP contribution in [-0.2, 0) is 9.47 Å². The van der Waals surface area contributed by atoms with Crippen molar-refractivity contribution in [2.45, 2.75) is 128 Å². The molecule has 0 bridgehead atoms. The van der Waals surface area contributed by atoms with Crippen molar-refractivity contribution in [1.29, 1.82) is 0 Å². The summed E-state index contributed by atoms with van der Waals surface area (Å²) in [6.07, 6.45) is 23.0. The zero-order chi connectivity index (χ0) is 18.5. The number of rotatable bonds is 11. The molecule has 0 heterocycles. The van der Waals surface area contributed by atoms with E-state index in [4.69, 9.17) is 33.9 Å². The lowest BCUT2D eigenvalue weighted by atomic mass is 9.98. The van der Waals surface area contributed by atoms with Crippen molar-refractivity contribution in [1.82, 2.24) is 0 Å². The van der Waals surface area contributed by atoms with E-state index in [9.17, 15) is 0 Å². The predicted octanol–water partition coefficient (Wildman–Crippen LogP) is 7.46. The van der Waals surface area contributed by atoms with E-state index < -0.39 is 0 Å². The molecule has 2 aliphatic carbocycles.